The fourth-order valence-corrected chi connectivity index (χ4v) is 1.77. The van der Waals surface area contributed by atoms with E-state index in [1.165, 1.54) is 6.33 Å². The highest BCUT2D eigenvalue weighted by Gasteiger charge is 2.17. The molecule has 0 aliphatic carbocycles. The minimum absolute atomic E-state index is 0.146. The number of nitrogens with one attached hydrogen (secondary N) is 1. The van der Waals surface area contributed by atoms with Gasteiger partial charge in [-0.25, -0.2) is 9.97 Å². The van der Waals surface area contributed by atoms with Crippen LogP contribution in [0.25, 0.3) is 0 Å². The van der Waals surface area contributed by atoms with Gasteiger partial charge in [0.05, 0.1) is 4.47 Å². The molecule has 0 aliphatic heterocycles. The van der Waals surface area contributed by atoms with Gasteiger partial charge in [0.15, 0.2) is 0 Å². The third kappa shape index (κ3) is 4.45. The number of rotatable bonds is 6. The molecule has 1 heterocycles. The number of aliphatic hydroxyl groups excluding tert-OH is 1. The lowest BCUT2D eigenvalue weighted by Gasteiger charge is -2.25. The first-order valence-electron chi connectivity index (χ1n) is 5.35. The van der Waals surface area contributed by atoms with Gasteiger partial charge in [0, 0.05) is 19.3 Å². The highest BCUT2D eigenvalue weighted by Crippen LogP contribution is 2.24. The van der Waals surface area contributed by atoms with Crippen LogP contribution in [0.5, 0.6) is 0 Å². The van der Waals surface area contributed by atoms with E-state index in [0.717, 1.165) is 29.7 Å². The van der Waals surface area contributed by atoms with Crippen LogP contribution in [0.4, 0.5) is 5.82 Å². The van der Waals surface area contributed by atoms with Crippen LogP contribution < -0.4 is 5.32 Å². The van der Waals surface area contributed by atoms with Gasteiger partial charge in [0.2, 0.25) is 0 Å². The number of anilines is 1. The molecule has 0 saturated carbocycles. The number of aliphatic hydroxyl groups is 1. The fraction of sp³-hybridized carbons (Fsp3) is 0.636. The maximum atomic E-state index is 8.81. The quantitative estimate of drug-likeness (QED) is 0.844. The van der Waals surface area contributed by atoms with E-state index in [1.54, 1.807) is 6.20 Å². The average molecular weight is 288 g/mol. The molecule has 0 spiro atoms. The van der Waals surface area contributed by atoms with Gasteiger partial charge in [0.1, 0.15) is 12.1 Å². The second-order valence-electron chi connectivity index (χ2n) is 4.56. The molecule has 1 aromatic heterocycles. The third-order valence-corrected chi connectivity index (χ3v) is 2.99. The molecular weight excluding hydrogens is 270 g/mol. The van der Waals surface area contributed by atoms with Gasteiger partial charge >= 0.3 is 0 Å². The Bertz CT molecular complexity index is 331. The molecule has 0 unspecified atom stereocenters. The topological polar surface area (TPSA) is 58.0 Å². The Morgan fingerprint density at radius 1 is 1.50 bits per heavy atom. The molecule has 1 rings (SSSR count). The smallest absolute Gasteiger partial charge is 0.143 e. The average Bonchev–Trinajstić information content (AvgIpc) is 2.26. The molecule has 0 amide bonds. The van der Waals surface area contributed by atoms with Crippen molar-refractivity contribution in [2.45, 2.75) is 26.7 Å². The fourth-order valence-electron chi connectivity index (χ4n) is 1.41. The normalized spacial score (nSPS) is 11.5. The SMILES string of the molecule is CC(C)(CCCO)CNc1ncncc1Br. The maximum absolute atomic E-state index is 8.81. The first-order chi connectivity index (χ1) is 7.55. The molecule has 4 nitrogen and oxygen atoms in total. The number of nitrogens with zero attached hydrogens (tertiary/aromatic N) is 2. The largest absolute Gasteiger partial charge is 0.396 e. The summed E-state index contributed by atoms with van der Waals surface area (Å²) in [5, 5.41) is 12.1. The Hall–Kier alpha value is -0.680. The second-order valence-corrected chi connectivity index (χ2v) is 5.42. The Morgan fingerprint density at radius 2 is 2.25 bits per heavy atom. The summed E-state index contributed by atoms with van der Waals surface area (Å²) in [5.41, 5.74) is 0.146. The van der Waals surface area contributed by atoms with E-state index in [-0.39, 0.29) is 12.0 Å². The molecule has 0 bridgehead atoms. The highest BCUT2D eigenvalue weighted by molar-refractivity contribution is 9.10. The van der Waals surface area contributed by atoms with E-state index >= 15 is 0 Å². The molecular formula is C11H18BrN3O. The first kappa shape index (κ1) is 13.4. The van der Waals surface area contributed by atoms with Crippen molar-refractivity contribution in [1.82, 2.24) is 9.97 Å². The third-order valence-electron chi connectivity index (χ3n) is 2.41. The lowest BCUT2D eigenvalue weighted by Crippen LogP contribution is -2.24. The van der Waals surface area contributed by atoms with Gasteiger partial charge < -0.3 is 10.4 Å². The summed E-state index contributed by atoms with van der Waals surface area (Å²) < 4.78 is 0.868. The number of halogens is 1. The van der Waals surface area contributed by atoms with Crippen LogP contribution in [0, 0.1) is 5.41 Å². The zero-order valence-corrected chi connectivity index (χ0v) is 11.3. The van der Waals surface area contributed by atoms with Crippen LogP contribution >= 0.6 is 15.9 Å². The van der Waals surface area contributed by atoms with Crippen molar-refractivity contribution in [3.8, 4) is 0 Å². The Morgan fingerprint density at radius 3 is 2.88 bits per heavy atom. The van der Waals surface area contributed by atoms with Crippen LogP contribution in [-0.2, 0) is 0 Å². The molecule has 2 N–H and O–H groups in total. The Labute approximate surface area is 105 Å². The van der Waals surface area contributed by atoms with E-state index in [2.05, 4.69) is 45.1 Å². The Balaban J connectivity index is 2.47. The number of aromatic nitrogens is 2. The van der Waals surface area contributed by atoms with E-state index in [4.69, 9.17) is 5.11 Å². The van der Waals surface area contributed by atoms with Crippen molar-refractivity contribution in [2.75, 3.05) is 18.5 Å². The molecule has 0 atom stereocenters. The maximum Gasteiger partial charge on any atom is 0.143 e. The minimum Gasteiger partial charge on any atom is -0.396 e. The molecule has 0 aliphatic rings. The first-order valence-corrected chi connectivity index (χ1v) is 6.15. The molecule has 0 radical (unpaired) electrons. The summed E-state index contributed by atoms with van der Waals surface area (Å²) in [6, 6.07) is 0. The van der Waals surface area contributed by atoms with Crippen molar-refractivity contribution in [3.63, 3.8) is 0 Å². The van der Waals surface area contributed by atoms with Gasteiger partial charge in [0.25, 0.3) is 0 Å². The van der Waals surface area contributed by atoms with Crippen molar-refractivity contribution >= 4 is 21.7 Å². The summed E-state index contributed by atoms with van der Waals surface area (Å²) in [5.74, 6) is 0.812. The van der Waals surface area contributed by atoms with Gasteiger partial charge in [-0.3, -0.25) is 0 Å². The van der Waals surface area contributed by atoms with E-state index in [1.807, 2.05) is 0 Å². The summed E-state index contributed by atoms with van der Waals surface area (Å²) >= 11 is 3.39. The van der Waals surface area contributed by atoms with Gasteiger partial charge in [-0.1, -0.05) is 13.8 Å². The lowest BCUT2D eigenvalue weighted by atomic mass is 9.88. The monoisotopic (exact) mass is 287 g/mol. The van der Waals surface area contributed by atoms with Crippen molar-refractivity contribution in [1.29, 1.82) is 0 Å². The molecule has 90 valence electrons. The summed E-state index contributed by atoms with van der Waals surface area (Å²) in [6.07, 6.45) is 5.06. The highest BCUT2D eigenvalue weighted by atomic mass is 79.9. The second kappa shape index (κ2) is 6.15. The summed E-state index contributed by atoms with van der Waals surface area (Å²) in [7, 11) is 0. The van der Waals surface area contributed by atoms with Gasteiger partial charge in [-0.15, -0.1) is 0 Å². The van der Waals surface area contributed by atoms with Crippen molar-refractivity contribution in [2.24, 2.45) is 5.41 Å². The van der Waals surface area contributed by atoms with Crippen molar-refractivity contribution < 1.29 is 5.11 Å². The summed E-state index contributed by atoms with van der Waals surface area (Å²) in [6.45, 7) is 5.42. The lowest BCUT2D eigenvalue weighted by molar-refractivity contribution is 0.248. The van der Waals surface area contributed by atoms with Crippen LogP contribution in [0.3, 0.4) is 0 Å². The molecule has 0 saturated heterocycles. The molecule has 5 heteroatoms. The predicted octanol–water partition coefficient (Wildman–Crippen LogP) is 2.45. The van der Waals surface area contributed by atoms with E-state index < -0.39 is 0 Å². The standard InChI is InChI=1S/C11H18BrN3O/c1-11(2,4-3-5-16)7-14-10-9(12)6-13-8-15-10/h6,8,16H,3-5,7H2,1-2H3,(H,13,14,15). The van der Waals surface area contributed by atoms with Crippen LogP contribution in [0.1, 0.15) is 26.7 Å². The van der Waals surface area contributed by atoms with Crippen LogP contribution in [0.15, 0.2) is 17.0 Å². The Kier molecular flexibility index (Phi) is 5.15. The molecule has 0 fully saturated rings. The summed E-state index contributed by atoms with van der Waals surface area (Å²) in [4.78, 5) is 8.05. The predicted molar refractivity (Wildman–Crippen MR) is 68.3 cm³/mol. The zero-order valence-electron chi connectivity index (χ0n) is 9.70. The zero-order chi connectivity index (χ0) is 12.0. The minimum atomic E-state index is 0.146. The van der Waals surface area contributed by atoms with Crippen LogP contribution in [-0.4, -0.2) is 28.2 Å². The molecule has 16 heavy (non-hydrogen) atoms. The van der Waals surface area contributed by atoms with E-state index in [9.17, 15) is 0 Å². The number of hydrogen-bond acceptors (Lipinski definition) is 4. The van der Waals surface area contributed by atoms with Gasteiger partial charge in [-0.05, 0) is 34.2 Å². The van der Waals surface area contributed by atoms with Crippen LogP contribution in [0.2, 0.25) is 0 Å². The molecule has 0 aromatic carbocycles. The van der Waals surface area contributed by atoms with E-state index in [0.29, 0.717) is 0 Å². The van der Waals surface area contributed by atoms with Crippen molar-refractivity contribution in [3.05, 3.63) is 17.0 Å². The van der Waals surface area contributed by atoms with Gasteiger partial charge in [-0.2, -0.15) is 0 Å². The molecule has 1 aromatic rings. The number of hydrogen-bond donors (Lipinski definition) is 2.